The van der Waals surface area contributed by atoms with Gasteiger partial charge in [-0.2, -0.15) is 0 Å². The monoisotopic (exact) mass is 382 g/mol. The predicted octanol–water partition coefficient (Wildman–Crippen LogP) is 3.88. The molecule has 1 aromatic heterocycles. The van der Waals surface area contributed by atoms with Crippen molar-refractivity contribution in [3.63, 3.8) is 0 Å². The summed E-state index contributed by atoms with van der Waals surface area (Å²) in [6, 6.07) is 10.5. The van der Waals surface area contributed by atoms with Crippen LogP contribution < -0.4 is 0 Å². The molecule has 1 saturated heterocycles. The van der Waals surface area contributed by atoms with Gasteiger partial charge in [-0.05, 0) is 57.7 Å². The number of piperidine rings is 1. The maximum atomic E-state index is 13.3. The molecule has 0 atom stereocenters. The van der Waals surface area contributed by atoms with Gasteiger partial charge in [-0.25, -0.2) is 0 Å². The number of likely N-dealkylation sites (tertiary alicyclic amines) is 1. The number of nitrogens with zero attached hydrogens (tertiary/aromatic N) is 2. The molecule has 1 aromatic carbocycles. The van der Waals surface area contributed by atoms with Crippen LogP contribution in [0.15, 0.2) is 30.3 Å². The fourth-order valence-corrected chi connectivity index (χ4v) is 3.94. The van der Waals surface area contributed by atoms with Crippen molar-refractivity contribution < 1.29 is 14.3 Å². The number of hydrogen-bond acceptors (Lipinski definition) is 3. The molecule has 1 aliphatic rings. The molecule has 0 bridgehead atoms. The highest BCUT2D eigenvalue weighted by Crippen LogP contribution is 2.24. The highest BCUT2D eigenvalue weighted by Gasteiger charge is 2.30. The Bertz CT molecular complexity index is 843. The van der Waals surface area contributed by atoms with Gasteiger partial charge >= 0.3 is 5.97 Å². The van der Waals surface area contributed by atoms with Gasteiger partial charge in [0, 0.05) is 25.3 Å². The summed E-state index contributed by atoms with van der Waals surface area (Å²) < 4.78 is 7.24. The molecule has 0 radical (unpaired) electrons. The average molecular weight is 383 g/mol. The van der Waals surface area contributed by atoms with E-state index in [0.717, 1.165) is 17.0 Å². The summed E-state index contributed by atoms with van der Waals surface area (Å²) in [6.45, 7) is 10.2. The summed E-state index contributed by atoms with van der Waals surface area (Å²) >= 11 is 0. The fourth-order valence-electron chi connectivity index (χ4n) is 3.94. The van der Waals surface area contributed by atoms with E-state index in [1.54, 1.807) is 0 Å². The Balaban J connectivity index is 1.75. The van der Waals surface area contributed by atoms with Crippen LogP contribution in [0.1, 0.15) is 52.6 Å². The second-order valence-corrected chi connectivity index (χ2v) is 7.71. The van der Waals surface area contributed by atoms with Crippen molar-refractivity contribution in [2.24, 2.45) is 5.92 Å². The largest absolute Gasteiger partial charge is 0.466 e. The first-order valence-corrected chi connectivity index (χ1v) is 10.1. The highest BCUT2D eigenvalue weighted by atomic mass is 16.5. The Morgan fingerprint density at radius 2 is 1.71 bits per heavy atom. The Labute approximate surface area is 167 Å². The zero-order chi connectivity index (χ0) is 20.3. The molecule has 2 heterocycles. The molecule has 5 nitrogen and oxygen atoms in total. The van der Waals surface area contributed by atoms with Gasteiger partial charge in [0.05, 0.1) is 12.5 Å². The van der Waals surface area contributed by atoms with Crippen molar-refractivity contribution in [2.45, 2.75) is 47.1 Å². The average Bonchev–Trinajstić information content (AvgIpc) is 2.96. The van der Waals surface area contributed by atoms with Gasteiger partial charge < -0.3 is 14.2 Å². The lowest BCUT2D eigenvalue weighted by molar-refractivity contribution is -0.149. The number of carbonyl (C=O) groups is 2. The van der Waals surface area contributed by atoms with Crippen LogP contribution in [-0.4, -0.2) is 41.0 Å². The quantitative estimate of drug-likeness (QED) is 0.738. The first kappa shape index (κ1) is 20.2. The Morgan fingerprint density at radius 3 is 2.32 bits per heavy atom. The molecule has 1 amide bonds. The summed E-state index contributed by atoms with van der Waals surface area (Å²) in [5.74, 6) is -0.171. The molecule has 0 N–H and O–H groups in total. The van der Waals surface area contributed by atoms with Crippen molar-refractivity contribution >= 4 is 11.9 Å². The SMILES string of the molecule is CCOC(=O)C1CCN(C(=O)c2c(C)cc(C)n2Cc2ccc(C)cc2)CC1. The number of hydrogen-bond donors (Lipinski definition) is 0. The number of aromatic nitrogens is 1. The zero-order valence-electron chi connectivity index (χ0n) is 17.3. The first-order valence-electron chi connectivity index (χ1n) is 10.1. The van der Waals surface area contributed by atoms with E-state index in [1.807, 2.05) is 25.7 Å². The zero-order valence-corrected chi connectivity index (χ0v) is 17.3. The van der Waals surface area contributed by atoms with Gasteiger partial charge in [-0.1, -0.05) is 29.8 Å². The second-order valence-electron chi connectivity index (χ2n) is 7.71. The fraction of sp³-hybridized carbons (Fsp3) is 0.478. The van der Waals surface area contributed by atoms with Gasteiger partial charge in [-0.15, -0.1) is 0 Å². The number of amides is 1. The lowest BCUT2D eigenvalue weighted by Crippen LogP contribution is -2.41. The number of aryl methyl sites for hydroxylation is 3. The summed E-state index contributed by atoms with van der Waals surface area (Å²) in [5.41, 5.74) is 5.25. The normalized spacial score (nSPS) is 14.9. The molecule has 2 aromatic rings. The maximum Gasteiger partial charge on any atom is 0.309 e. The summed E-state index contributed by atoms with van der Waals surface area (Å²) in [6.07, 6.45) is 1.34. The van der Waals surface area contributed by atoms with E-state index in [9.17, 15) is 9.59 Å². The van der Waals surface area contributed by atoms with Gasteiger partial charge in [0.15, 0.2) is 0 Å². The van der Waals surface area contributed by atoms with E-state index in [-0.39, 0.29) is 17.8 Å². The van der Waals surface area contributed by atoms with Crippen LogP contribution in [0.3, 0.4) is 0 Å². The van der Waals surface area contributed by atoms with Crippen LogP contribution in [0.4, 0.5) is 0 Å². The number of ether oxygens (including phenoxy) is 1. The van der Waals surface area contributed by atoms with Crippen LogP contribution >= 0.6 is 0 Å². The number of esters is 1. The lowest BCUT2D eigenvalue weighted by Gasteiger charge is -2.31. The third-order valence-corrected chi connectivity index (χ3v) is 5.56. The molecule has 0 unspecified atom stereocenters. The van der Waals surface area contributed by atoms with E-state index >= 15 is 0 Å². The topological polar surface area (TPSA) is 51.5 Å². The first-order chi connectivity index (χ1) is 13.4. The van der Waals surface area contributed by atoms with Gasteiger partial charge in [-0.3, -0.25) is 9.59 Å². The minimum Gasteiger partial charge on any atom is -0.466 e. The van der Waals surface area contributed by atoms with Crippen LogP contribution in [0.2, 0.25) is 0 Å². The minimum absolute atomic E-state index is 0.0556. The summed E-state index contributed by atoms with van der Waals surface area (Å²) in [5, 5.41) is 0. The van der Waals surface area contributed by atoms with Crippen molar-refractivity contribution in [3.05, 3.63) is 58.4 Å². The van der Waals surface area contributed by atoms with Crippen molar-refractivity contribution in [3.8, 4) is 0 Å². The van der Waals surface area contributed by atoms with Crippen molar-refractivity contribution in [2.75, 3.05) is 19.7 Å². The Hall–Kier alpha value is -2.56. The van der Waals surface area contributed by atoms with Gasteiger partial charge in [0.25, 0.3) is 5.91 Å². The molecule has 1 aliphatic heterocycles. The Kier molecular flexibility index (Phi) is 6.22. The van der Waals surface area contributed by atoms with E-state index in [1.165, 1.54) is 11.1 Å². The molecule has 0 aliphatic carbocycles. The van der Waals surface area contributed by atoms with E-state index in [4.69, 9.17) is 4.74 Å². The second kappa shape index (κ2) is 8.63. The third-order valence-electron chi connectivity index (χ3n) is 5.56. The number of carbonyl (C=O) groups excluding carboxylic acids is 2. The third kappa shape index (κ3) is 4.29. The van der Waals surface area contributed by atoms with E-state index < -0.39 is 0 Å². The molecule has 0 spiro atoms. The van der Waals surface area contributed by atoms with E-state index in [0.29, 0.717) is 39.1 Å². The van der Waals surface area contributed by atoms with Crippen molar-refractivity contribution in [1.82, 2.24) is 9.47 Å². The lowest BCUT2D eigenvalue weighted by atomic mass is 9.96. The summed E-state index contributed by atoms with van der Waals surface area (Å²) in [7, 11) is 0. The Morgan fingerprint density at radius 1 is 1.07 bits per heavy atom. The minimum atomic E-state index is -0.135. The van der Waals surface area contributed by atoms with Crippen LogP contribution in [0.25, 0.3) is 0 Å². The number of benzene rings is 1. The van der Waals surface area contributed by atoms with Gasteiger partial charge in [0.1, 0.15) is 5.69 Å². The molecule has 3 rings (SSSR count). The molecule has 5 heteroatoms. The maximum absolute atomic E-state index is 13.3. The van der Waals surface area contributed by atoms with E-state index in [2.05, 4.69) is 41.8 Å². The predicted molar refractivity (Wildman–Crippen MR) is 109 cm³/mol. The summed E-state index contributed by atoms with van der Waals surface area (Å²) in [4.78, 5) is 27.1. The standard InChI is InChI=1S/C23H30N2O3/c1-5-28-23(27)20-10-12-24(13-11-20)22(26)21-17(3)14-18(4)25(21)15-19-8-6-16(2)7-9-19/h6-9,14,20H,5,10-13,15H2,1-4H3. The number of rotatable bonds is 5. The molecule has 0 saturated carbocycles. The van der Waals surface area contributed by atoms with Crippen LogP contribution in [-0.2, 0) is 16.1 Å². The van der Waals surface area contributed by atoms with Crippen LogP contribution in [0.5, 0.6) is 0 Å². The molecule has 1 fully saturated rings. The van der Waals surface area contributed by atoms with Gasteiger partial charge in [0.2, 0.25) is 0 Å². The smallest absolute Gasteiger partial charge is 0.309 e. The van der Waals surface area contributed by atoms with Crippen LogP contribution in [0, 0.1) is 26.7 Å². The molecular weight excluding hydrogens is 352 g/mol. The molecule has 150 valence electrons. The van der Waals surface area contributed by atoms with Crippen molar-refractivity contribution in [1.29, 1.82) is 0 Å². The highest BCUT2D eigenvalue weighted by molar-refractivity contribution is 5.94. The molecule has 28 heavy (non-hydrogen) atoms. The molecular formula is C23H30N2O3.